The fraction of sp³-hybridized carbons (Fsp3) is 0.100. The zero-order valence-electron chi connectivity index (χ0n) is 15.2. The Morgan fingerprint density at radius 3 is 2.41 bits per heavy atom. The first-order valence-corrected chi connectivity index (χ1v) is 9.59. The number of aromatic nitrogens is 2. The van der Waals surface area contributed by atoms with Crippen LogP contribution in [0.1, 0.15) is 12.5 Å². The number of nitrogens with zero attached hydrogens (tertiary/aromatic N) is 3. The monoisotopic (exact) mass is 448 g/mol. The van der Waals surface area contributed by atoms with Crippen molar-refractivity contribution in [3.63, 3.8) is 0 Å². The maximum Gasteiger partial charge on any atom is 0.229 e. The van der Waals surface area contributed by atoms with E-state index in [1.54, 1.807) is 36.4 Å². The largest absolute Gasteiger partial charge is 0.326 e. The molecule has 3 aromatic rings. The molecule has 0 aliphatic rings. The predicted octanol–water partition coefficient (Wildman–Crippen LogP) is 5.30. The van der Waals surface area contributed by atoms with E-state index in [1.165, 1.54) is 30.4 Å². The maximum absolute atomic E-state index is 12.5. The van der Waals surface area contributed by atoms with Crippen molar-refractivity contribution in [2.75, 3.05) is 10.2 Å². The Hall–Kier alpha value is -2.67. The molecule has 0 atom stereocenters. The minimum Gasteiger partial charge on any atom is -0.326 e. The Morgan fingerprint density at radius 2 is 1.76 bits per heavy atom. The standard InChI is InChI=1S/C20H15Cl3N4O2/c1-12(28)27(18-6-7-24-11-17(18)23)19-9-13(5-8-25-19)26-20(29)10-14-15(21)3-2-4-16(14)22/h2-9,11H,10H2,1H3,(H,25,26,29). The van der Waals surface area contributed by atoms with Gasteiger partial charge in [0.15, 0.2) is 0 Å². The molecule has 0 fully saturated rings. The van der Waals surface area contributed by atoms with E-state index < -0.39 is 0 Å². The van der Waals surface area contributed by atoms with E-state index in [0.717, 1.165) is 0 Å². The molecular formula is C20H15Cl3N4O2. The van der Waals surface area contributed by atoms with Gasteiger partial charge in [-0.25, -0.2) is 4.98 Å². The molecular weight excluding hydrogens is 435 g/mol. The number of hydrogen-bond acceptors (Lipinski definition) is 4. The topological polar surface area (TPSA) is 75.2 Å². The van der Waals surface area contributed by atoms with Crippen molar-refractivity contribution in [3.8, 4) is 0 Å². The van der Waals surface area contributed by atoms with Crippen molar-refractivity contribution in [3.05, 3.63) is 75.6 Å². The van der Waals surface area contributed by atoms with Crippen LogP contribution in [0.3, 0.4) is 0 Å². The Balaban J connectivity index is 1.84. The molecule has 0 spiro atoms. The summed E-state index contributed by atoms with van der Waals surface area (Å²) in [6.07, 6.45) is 4.45. The molecule has 1 N–H and O–H groups in total. The van der Waals surface area contributed by atoms with Gasteiger partial charge < -0.3 is 5.32 Å². The van der Waals surface area contributed by atoms with Gasteiger partial charge in [0.25, 0.3) is 0 Å². The molecule has 9 heteroatoms. The highest BCUT2D eigenvalue weighted by Crippen LogP contribution is 2.31. The van der Waals surface area contributed by atoms with Gasteiger partial charge in [0, 0.05) is 47.3 Å². The minimum absolute atomic E-state index is 0.00275. The lowest BCUT2D eigenvalue weighted by molar-refractivity contribution is -0.116. The summed E-state index contributed by atoms with van der Waals surface area (Å²) in [7, 11) is 0. The minimum atomic E-state index is -0.312. The Labute approximate surface area is 182 Å². The molecule has 2 aromatic heterocycles. The molecule has 0 saturated carbocycles. The molecule has 2 amide bonds. The third-order valence-electron chi connectivity index (χ3n) is 3.96. The van der Waals surface area contributed by atoms with Gasteiger partial charge in [-0.3, -0.25) is 19.5 Å². The molecule has 3 rings (SSSR count). The van der Waals surface area contributed by atoms with Crippen LogP contribution in [0.25, 0.3) is 0 Å². The molecule has 1 aromatic carbocycles. The Bertz CT molecular complexity index is 1050. The van der Waals surface area contributed by atoms with Gasteiger partial charge >= 0.3 is 0 Å². The fourth-order valence-electron chi connectivity index (χ4n) is 2.69. The third kappa shape index (κ3) is 5.03. The number of anilines is 3. The molecule has 2 heterocycles. The fourth-order valence-corrected chi connectivity index (χ4v) is 3.42. The highest BCUT2D eigenvalue weighted by atomic mass is 35.5. The Morgan fingerprint density at radius 1 is 1.03 bits per heavy atom. The van der Waals surface area contributed by atoms with E-state index in [4.69, 9.17) is 34.8 Å². The van der Waals surface area contributed by atoms with Crippen molar-refractivity contribution in [2.45, 2.75) is 13.3 Å². The van der Waals surface area contributed by atoms with Gasteiger partial charge in [-0.15, -0.1) is 0 Å². The smallest absolute Gasteiger partial charge is 0.229 e. The van der Waals surface area contributed by atoms with Crippen molar-refractivity contribution >= 4 is 63.8 Å². The van der Waals surface area contributed by atoms with Crippen LogP contribution in [0.15, 0.2) is 55.0 Å². The quantitative estimate of drug-likeness (QED) is 0.573. The first-order chi connectivity index (χ1) is 13.9. The van der Waals surface area contributed by atoms with E-state index in [0.29, 0.717) is 37.8 Å². The Kier molecular flexibility index (Phi) is 6.69. The number of carbonyl (C=O) groups is 2. The average molecular weight is 450 g/mol. The summed E-state index contributed by atoms with van der Waals surface area (Å²) in [6, 6.07) is 9.85. The predicted molar refractivity (Wildman–Crippen MR) is 115 cm³/mol. The molecule has 148 valence electrons. The number of halogens is 3. The van der Waals surface area contributed by atoms with Gasteiger partial charge in [-0.05, 0) is 29.8 Å². The van der Waals surface area contributed by atoms with Crippen LogP contribution in [0.5, 0.6) is 0 Å². The summed E-state index contributed by atoms with van der Waals surface area (Å²) in [6.45, 7) is 1.39. The molecule has 29 heavy (non-hydrogen) atoms. The maximum atomic E-state index is 12.5. The lowest BCUT2D eigenvalue weighted by Crippen LogP contribution is -2.24. The zero-order valence-corrected chi connectivity index (χ0v) is 17.5. The molecule has 6 nitrogen and oxygen atoms in total. The number of benzene rings is 1. The van der Waals surface area contributed by atoms with E-state index in [2.05, 4.69) is 15.3 Å². The highest BCUT2D eigenvalue weighted by molar-refractivity contribution is 6.36. The molecule has 0 aliphatic carbocycles. The van der Waals surface area contributed by atoms with Crippen LogP contribution >= 0.6 is 34.8 Å². The van der Waals surface area contributed by atoms with Crippen LogP contribution in [-0.4, -0.2) is 21.8 Å². The second kappa shape index (κ2) is 9.22. The van der Waals surface area contributed by atoms with Crippen LogP contribution in [0.2, 0.25) is 15.1 Å². The van der Waals surface area contributed by atoms with E-state index in [-0.39, 0.29) is 18.2 Å². The summed E-state index contributed by atoms with van der Waals surface area (Å²) in [5, 5.41) is 3.89. The van der Waals surface area contributed by atoms with Crippen LogP contribution in [0.4, 0.5) is 17.2 Å². The summed E-state index contributed by atoms with van der Waals surface area (Å²) >= 11 is 18.4. The van der Waals surface area contributed by atoms with E-state index in [9.17, 15) is 9.59 Å². The van der Waals surface area contributed by atoms with Crippen LogP contribution in [0, 0.1) is 0 Å². The van der Waals surface area contributed by atoms with Gasteiger partial charge in [-0.1, -0.05) is 40.9 Å². The molecule has 0 unspecified atom stereocenters. The van der Waals surface area contributed by atoms with Crippen molar-refractivity contribution < 1.29 is 9.59 Å². The summed E-state index contributed by atoms with van der Waals surface area (Å²) in [5.41, 5.74) is 1.43. The first kappa shape index (κ1) is 21.0. The van der Waals surface area contributed by atoms with Crippen molar-refractivity contribution in [2.24, 2.45) is 0 Å². The first-order valence-electron chi connectivity index (χ1n) is 8.46. The van der Waals surface area contributed by atoms with Crippen LogP contribution in [-0.2, 0) is 16.0 Å². The lowest BCUT2D eigenvalue weighted by atomic mass is 10.1. The van der Waals surface area contributed by atoms with Gasteiger partial charge in [0.05, 0.1) is 17.1 Å². The van der Waals surface area contributed by atoms with E-state index >= 15 is 0 Å². The van der Waals surface area contributed by atoms with Gasteiger partial charge in [-0.2, -0.15) is 0 Å². The number of pyridine rings is 2. The van der Waals surface area contributed by atoms with Crippen molar-refractivity contribution in [1.82, 2.24) is 9.97 Å². The molecule has 0 bridgehead atoms. The van der Waals surface area contributed by atoms with Gasteiger partial charge in [0.1, 0.15) is 5.82 Å². The summed E-state index contributed by atoms with van der Waals surface area (Å²) < 4.78 is 0. The van der Waals surface area contributed by atoms with Crippen LogP contribution < -0.4 is 10.2 Å². The zero-order chi connectivity index (χ0) is 21.0. The number of hydrogen-bond donors (Lipinski definition) is 1. The molecule has 0 radical (unpaired) electrons. The normalized spacial score (nSPS) is 10.5. The second-order valence-electron chi connectivity index (χ2n) is 6.01. The summed E-state index contributed by atoms with van der Waals surface area (Å²) in [5.74, 6) is -0.301. The molecule has 0 aliphatic heterocycles. The third-order valence-corrected chi connectivity index (χ3v) is 4.96. The number of amides is 2. The highest BCUT2D eigenvalue weighted by Gasteiger charge is 2.19. The van der Waals surface area contributed by atoms with E-state index in [1.807, 2.05) is 0 Å². The molecule has 0 saturated heterocycles. The lowest BCUT2D eigenvalue weighted by Gasteiger charge is -2.21. The number of nitrogens with one attached hydrogen (secondary N) is 1. The number of rotatable bonds is 5. The van der Waals surface area contributed by atoms with Crippen molar-refractivity contribution in [1.29, 1.82) is 0 Å². The summed E-state index contributed by atoms with van der Waals surface area (Å²) in [4.78, 5) is 34.2. The van der Waals surface area contributed by atoms with Gasteiger partial charge in [0.2, 0.25) is 11.8 Å². The number of carbonyl (C=O) groups excluding carboxylic acids is 2. The SMILES string of the molecule is CC(=O)N(c1cc(NC(=O)Cc2c(Cl)cccc2Cl)ccn1)c1ccncc1Cl. The average Bonchev–Trinajstić information content (AvgIpc) is 2.67. The second-order valence-corrected chi connectivity index (χ2v) is 7.23.